The Morgan fingerprint density at radius 3 is 2.15 bits per heavy atom. The molecule has 1 N–H and O–H groups in total. The number of nitrogens with zero attached hydrogens (tertiary/aromatic N) is 4. The summed E-state index contributed by atoms with van der Waals surface area (Å²) >= 11 is 0. The fourth-order valence-corrected chi connectivity index (χ4v) is 3.30. The number of anilines is 2. The third-order valence-corrected chi connectivity index (χ3v) is 4.75. The molecule has 2 aromatic rings. The maximum Gasteiger partial charge on any atom is 0.280 e. The highest BCUT2D eigenvalue weighted by Crippen LogP contribution is 2.30. The molecular formula is C21H20N4O2. The average molecular weight is 360 g/mol. The summed E-state index contributed by atoms with van der Waals surface area (Å²) in [5.74, 6) is -0.582. The van der Waals surface area contributed by atoms with Crippen LogP contribution < -0.4 is 10.0 Å². The van der Waals surface area contributed by atoms with Gasteiger partial charge in [-0.1, -0.05) is 42.5 Å². The van der Waals surface area contributed by atoms with Crippen molar-refractivity contribution in [1.82, 2.24) is 0 Å². The maximum atomic E-state index is 12.9. The highest BCUT2D eigenvalue weighted by molar-refractivity contribution is 6.30. The summed E-state index contributed by atoms with van der Waals surface area (Å²) in [7, 11) is 0. The first-order valence-electron chi connectivity index (χ1n) is 8.80. The number of hydrazone groups is 2. The van der Waals surface area contributed by atoms with Crippen molar-refractivity contribution in [3.05, 3.63) is 72.3 Å². The van der Waals surface area contributed by atoms with Crippen LogP contribution in [0.4, 0.5) is 11.4 Å². The predicted octanol–water partition coefficient (Wildman–Crippen LogP) is 3.17. The van der Waals surface area contributed by atoms with Crippen molar-refractivity contribution in [2.24, 2.45) is 16.1 Å². The smallest absolute Gasteiger partial charge is 0.280 e. The zero-order chi connectivity index (χ0) is 19.0. The van der Waals surface area contributed by atoms with Gasteiger partial charge in [-0.3, -0.25) is 4.79 Å². The lowest BCUT2D eigenvalue weighted by atomic mass is 9.98. The molecule has 0 aromatic heterocycles. The van der Waals surface area contributed by atoms with Gasteiger partial charge in [-0.2, -0.15) is 15.2 Å². The average Bonchev–Trinajstić information content (AvgIpc) is 3.14. The van der Waals surface area contributed by atoms with E-state index in [0.29, 0.717) is 17.0 Å². The second-order valence-corrected chi connectivity index (χ2v) is 6.58. The molecule has 136 valence electrons. The van der Waals surface area contributed by atoms with Gasteiger partial charge >= 0.3 is 0 Å². The zero-order valence-corrected chi connectivity index (χ0v) is 15.1. The van der Waals surface area contributed by atoms with Crippen LogP contribution in [0.15, 0.2) is 82.5 Å². The first-order valence-corrected chi connectivity index (χ1v) is 8.80. The number of aliphatic hydroxyl groups excluding tert-OH is 1. The minimum absolute atomic E-state index is 0.197. The van der Waals surface area contributed by atoms with Crippen molar-refractivity contribution in [2.45, 2.75) is 20.1 Å². The summed E-state index contributed by atoms with van der Waals surface area (Å²) in [5, 5.41) is 22.6. The lowest BCUT2D eigenvalue weighted by molar-refractivity contribution is -0.114. The molecule has 0 saturated carbocycles. The molecule has 2 atom stereocenters. The molecule has 0 spiro atoms. The second-order valence-electron chi connectivity index (χ2n) is 6.58. The number of rotatable bonds is 3. The van der Waals surface area contributed by atoms with Gasteiger partial charge in [0.1, 0.15) is 0 Å². The lowest BCUT2D eigenvalue weighted by Gasteiger charge is -2.22. The Morgan fingerprint density at radius 1 is 0.926 bits per heavy atom. The van der Waals surface area contributed by atoms with Crippen LogP contribution in [-0.4, -0.2) is 28.7 Å². The predicted molar refractivity (Wildman–Crippen MR) is 107 cm³/mol. The molecule has 0 unspecified atom stereocenters. The molecule has 1 amide bonds. The number of carbonyl (C=O) groups excluding carboxylic acids is 1. The van der Waals surface area contributed by atoms with Gasteiger partial charge < -0.3 is 5.11 Å². The molecule has 2 aliphatic heterocycles. The third-order valence-electron chi connectivity index (χ3n) is 4.75. The molecule has 2 aliphatic rings. The van der Waals surface area contributed by atoms with E-state index >= 15 is 0 Å². The van der Waals surface area contributed by atoms with Crippen molar-refractivity contribution in [1.29, 1.82) is 0 Å². The van der Waals surface area contributed by atoms with E-state index in [1.54, 1.807) is 18.0 Å². The first-order chi connectivity index (χ1) is 13.1. The normalized spacial score (nSPS) is 23.8. The Kier molecular flexibility index (Phi) is 4.33. The van der Waals surface area contributed by atoms with Crippen LogP contribution in [0.25, 0.3) is 0 Å². The van der Waals surface area contributed by atoms with Crippen LogP contribution in [0.3, 0.4) is 0 Å². The molecule has 0 aliphatic carbocycles. The largest absolute Gasteiger partial charge is 0.371 e. The van der Waals surface area contributed by atoms with E-state index in [-0.39, 0.29) is 11.8 Å². The van der Waals surface area contributed by atoms with Gasteiger partial charge in [0, 0.05) is 5.71 Å². The minimum atomic E-state index is -0.869. The van der Waals surface area contributed by atoms with Gasteiger partial charge in [-0.15, -0.1) is 0 Å². The Balaban J connectivity index is 1.62. The van der Waals surface area contributed by atoms with Crippen molar-refractivity contribution >= 4 is 28.7 Å². The van der Waals surface area contributed by atoms with Gasteiger partial charge in [0.05, 0.1) is 28.6 Å². The molecule has 0 radical (unpaired) electrons. The number of hydrogen-bond acceptors (Lipinski definition) is 5. The maximum absolute atomic E-state index is 12.9. The summed E-state index contributed by atoms with van der Waals surface area (Å²) < 4.78 is 0. The summed E-state index contributed by atoms with van der Waals surface area (Å²) in [6, 6.07) is 18.8. The SMILES string of the molecule is CC1=NN(c2ccccc2)C(=O)/C1=C\[C@H]1C(C)=NN(c2ccccc2)[C@@H]1O. The molecule has 0 saturated heterocycles. The minimum Gasteiger partial charge on any atom is -0.371 e. The molecule has 4 rings (SSSR count). The molecule has 0 bridgehead atoms. The number of para-hydroxylation sites is 2. The van der Waals surface area contributed by atoms with Crippen LogP contribution in [-0.2, 0) is 4.79 Å². The Hall–Kier alpha value is -3.25. The van der Waals surface area contributed by atoms with E-state index in [2.05, 4.69) is 10.2 Å². The van der Waals surface area contributed by atoms with Crippen molar-refractivity contribution < 1.29 is 9.90 Å². The number of benzene rings is 2. The summed E-state index contributed by atoms with van der Waals surface area (Å²) in [5.41, 5.74) is 3.39. The van der Waals surface area contributed by atoms with Crippen molar-refractivity contribution in [3.63, 3.8) is 0 Å². The van der Waals surface area contributed by atoms with E-state index in [4.69, 9.17) is 0 Å². The first kappa shape index (κ1) is 17.2. The van der Waals surface area contributed by atoms with E-state index < -0.39 is 6.23 Å². The number of hydrogen-bond donors (Lipinski definition) is 1. The van der Waals surface area contributed by atoms with E-state index in [1.165, 1.54) is 5.01 Å². The summed E-state index contributed by atoms with van der Waals surface area (Å²) in [6.45, 7) is 3.66. The van der Waals surface area contributed by atoms with Gasteiger partial charge in [0.2, 0.25) is 0 Å². The molecule has 0 fully saturated rings. The molecule has 6 heteroatoms. The number of aliphatic hydroxyl groups is 1. The van der Waals surface area contributed by atoms with E-state index in [9.17, 15) is 9.90 Å². The standard InChI is InChI=1S/C21H20N4O2/c1-14-18(20(26)24(22-14)16-9-5-3-6-10-16)13-19-15(2)23-25(21(19)27)17-11-7-4-8-12-17/h3-13,18,20,26H,1-2H3/b19-13-/t18-,20+/m0/s1. The van der Waals surface area contributed by atoms with Crippen molar-refractivity contribution in [2.75, 3.05) is 10.0 Å². The Labute approximate surface area is 157 Å². The lowest BCUT2D eigenvalue weighted by Crippen LogP contribution is -2.32. The Bertz CT molecular complexity index is 951. The number of carbonyl (C=O) groups is 1. The zero-order valence-electron chi connectivity index (χ0n) is 15.1. The van der Waals surface area contributed by atoms with Gasteiger partial charge in [-0.05, 0) is 38.1 Å². The monoisotopic (exact) mass is 360 g/mol. The highest BCUT2D eigenvalue weighted by atomic mass is 16.3. The van der Waals surface area contributed by atoms with Crippen LogP contribution in [0.2, 0.25) is 0 Å². The molecule has 6 nitrogen and oxygen atoms in total. The topological polar surface area (TPSA) is 68.5 Å². The van der Waals surface area contributed by atoms with Gasteiger partial charge in [0.15, 0.2) is 6.23 Å². The van der Waals surface area contributed by atoms with E-state index in [1.807, 2.05) is 67.6 Å². The van der Waals surface area contributed by atoms with Crippen LogP contribution in [0, 0.1) is 5.92 Å². The van der Waals surface area contributed by atoms with Crippen LogP contribution in [0.1, 0.15) is 13.8 Å². The molecule has 27 heavy (non-hydrogen) atoms. The van der Waals surface area contributed by atoms with Gasteiger partial charge in [-0.25, -0.2) is 5.01 Å². The van der Waals surface area contributed by atoms with Crippen LogP contribution >= 0.6 is 0 Å². The highest BCUT2D eigenvalue weighted by Gasteiger charge is 2.36. The summed E-state index contributed by atoms with van der Waals surface area (Å²) in [4.78, 5) is 12.9. The Morgan fingerprint density at radius 2 is 1.52 bits per heavy atom. The van der Waals surface area contributed by atoms with E-state index in [0.717, 1.165) is 11.4 Å². The van der Waals surface area contributed by atoms with Crippen molar-refractivity contribution in [3.8, 4) is 0 Å². The fourth-order valence-electron chi connectivity index (χ4n) is 3.30. The quantitative estimate of drug-likeness (QED) is 0.855. The second kappa shape index (κ2) is 6.81. The molecular weight excluding hydrogens is 340 g/mol. The van der Waals surface area contributed by atoms with Crippen LogP contribution in [0.5, 0.6) is 0 Å². The third kappa shape index (κ3) is 3.04. The summed E-state index contributed by atoms with van der Waals surface area (Å²) in [6.07, 6.45) is 0.905. The molecule has 2 aromatic carbocycles. The fraction of sp³-hybridized carbons (Fsp3) is 0.190. The number of amides is 1. The molecule has 2 heterocycles. The van der Waals surface area contributed by atoms with Gasteiger partial charge in [0.25, 0.3) is 5.91 Å².